The Morgan fingerprint density at radius 2 is 1.95 bits per heavy atom. The van der Waals surface area contributed by atoms with Gasteiger partial charge in [0.15, 0.2) is 0 Å². The van der Waals surface area contributed by atoms with Crippen molar-refractivity contribution in [1.82, 2.24) is 9.80 Å². The summed E-state index contributed by atoms with van der Waals surface area (Å²) in [6, 6.07) is 7.78. The van der Waals surface area contributed by atoms with Crippen LogP contribution in [0.2, 0.25) is 5.02 Å². The second-order valence-corrected chi connectivity index (χ2v) is 6.01. The van der Waals surface area contributed by atoms with Gasteiger partial charge in [-0.15, -0.1) is 0 Å². The lowest BCUT2D eigenvalue weighted by molar-refractivity contribution is 0.0678. The van der Waals surface area contributed by atoms with Gasteiger partial charge >= 0.3 is 6.03 Å². The van der Waals surface area contributed by atoms with Crippen LogP contribution in [0.1, 0.15) is 19.3 Å². The predicted octanol–water partition coefficient (Wildman–Crippen LogP) is 3.04. The summed E-state index contributed by atoms with van der Waals surface area (Å²) in [4.78, 5) is 16.7. The van der Waals surface area contributed by atoms with Gasteiger partial charge in [-0.1, -0.05) is 18.0 Å². The van der Waals surface area contributed by atoms with Gasteiger partial charge in [0, 0.05) is 36.4 Å². The molecule has 4 nitrogen and oxygen atoms in total. The number of fused-ring (bicyclic) bond motifs is 1. The van der Waals surface area contributed by atoms with Crippen molar-refractivity contribution >= 4 is 23.3 Å². The van der Waals surface area contributed by atoms with Crippen LogP contribution < -0.4 is 5.32 Å². The van der Waals surface area contributed by atoms with Crippen molar-refractivity contribution in [2.75, 3.05) is 31.5 Å². The molecule has 5 heteroatoms. The number of rotatable bonds is 1. The molecule has 0 aromatic heterocycles. The minimum Gasteiger partial charge on any atom is -0.322 e. The molecule has 2 amide bonds. The van der Waals surface area contributed by atoms with Gasteiger partial charge < -0.3 is 10.2 Å². The van der Waals surface area contributed by atoms with Crippen LogP contribution in [0.25, 0.3) is 0 Å². The van der Waals surface area contributed by atoms with E-state index in [1.54, 1.807) is 12.1 Å². The minimum atomic E-state index is -0.00227. The Hall–Kier alpha value is -1.26. The molecule has 108 valence electrons. The molecule has 1 N–H and O–H groups in total. The van der Waals surface area contributed by atoms with Crippen molar-refractivity contribution in [1.29, 1.82) is 0 Å². The third kappa shape index (κ3) is 3.07. The fraction of sp³-hybridized carbons (Fsp3) is 0.533. The van der Waals surface area contributed by atoms with Crippen LogP contribution >= 0.6 is 11.6 Å². The van der Waals surface area contributed by atoms with E-state index >= 15 is 0 Å². The van der Waals surface area contributed by atoms with E-state index in [-0.39, 0.29) is 6.03 Å². The maximum absolute atomic E-state index is 12.3. The van der Waals surface area contributed by atoms with Crippen molar-refractivity contribution in [3.8, 4) is 0 Å². The minimum absolute atomic E-state index is 0.00227. The number of hydrogen-bond acceptors (Lipinski definition) is 2. The SMILES string of the molecule is O=C(Nc1ccc(Cl)cc1)N1CCN2CCCCC2C1. The van der Waals surface area contributed by atoms with Gasteiger partial charge in [0.25, 0.3) is 0 Å². The first kappa shape index (κ1) is 13.7. The molecule has 1 aromatic carbocycles. The zero-order valence-electron chi connectivity index (χ0n) is 11.5. The number of urea groups is 1. The summed E-state index contributed by atoms with van der Waals surface area (Å²) in [5.74, 6) is 0. The number of hydrogen-bond donors (Lipinski definition) is 1. The molecule has 3 rings (SSSR count). The highest BCUT2D eigenvalue weighted by molar-refractivity contribution is 6.30. The van der Waals surface area contributed by atoms with E-state index in [2.05, 4.69) is 10.2 Å². The zero-order chi connectivity index (χ0) is 13.9. The second kappa shape index (κ2) is 6.02. The highest BCUT2D eigenvalue weighted by atomic mass is 35.5. The number of halogens is 1. The molecule has 0 radical (unpaired) electrons. The summed E-state index contributed by atoms with van der Waals surface area (Å²) in [5.41, 5.74) is 0.797. The Balaban J connectivity index is 1.58. The summed E-state index contributed by atoms with van der Waals surface area (Å²) in [5, 5.41) is 3.62. The topological polar surface area (TPSA) is 35.6 Å². The lowest BCUT2D eigenvalue weighted by atomic mass is 10.00. The average molecular weight is 294 g/mol. The first-order chi connectivity index (χ1) is 9.72. The van der Waals surface area contributed by atoms with Gasteiger partial charge in [-0.25, -0.2) is 4.79 Å². The van der Waals surface area contributed by atoms with Crippen LogP contribution in [-0.4, -0.2) is 48.1 Å². The summed E-state index contributed by atoms with van der Waals surface area (Å²) >= 11 is 5.84. The Labute approximate surface area is 124 Å². The quantitative estimate of drug-likeness (QED) is 0.864. The van der Waals surface area contributed by atoms with Gasteiger partial charge in [0.1, 0.15) is 0 Å². The van der Waals surface area contributed by atoms with Gasteiger partial charge in [0.05, 0.1) is 0 Å². The highest BCUT2D eigenvalue weighted by Crippen LogP contribution is 2.21. The molecule has 2 heterocycles. The van der Waals surface area contributed by atoms with Crippen LogP contribution in [0.5, 0.6) is 0 Å². The Bertz CT molecular complexity index is 477. The van der Waals surface area contributed by atoms with E-state index in [0.717, 1.165) is 25.3 Å². The molecule has 1 unspecified atom stereocenters. The standard InChI is InChI=1S/C15H20ClN3O/c16-12-4-6-13(7-5-12)17-15(20)19-10-9-18-8-2-1-3-14(18)11-19/h4-7,14H,1-3,8-11H2,(H,17,20). The summed E-state index contributed by atoms with van der Waals surface area (Å²) in [6.45, 7) is 3.85. The number of nitrogens with one attached hydrogen (secondary N) is 1. The average Bonchev–Trinajstić information content (AvgIpc) is 2.49. The van der Waals surface area contributed by atoms with Crippen molar-refractivity contribution in [3.63, 3.8) is 0 Å². The van der Waals surface area contributed by atoms with Crippen molar-refractivity contribution in [2.24, 2.45) is 0 Å². The van der Waals surface area contributed by atoms with Gasteiger partial charge in [0.2, 0.25) is 0 Å². The molecule has 1 aromatic rings. The van der Waals surface area contributed by atoms with Gasteiger partial charge in [-0.2, -0.15) is 0 Å². The van der Waals surface area contributed by atoms with E-state index < -0.39 is 0 Å². The molecule has 2 aliphatic rings. The lowest BCUT2D eigenvalue weighted by Gasteiger charge is -2.43. The predicted molar refractivity (Wildman–Crippen MR) is 81.3 cm³/mol. The number of amides is 2. The first-order valence-electron chi connectivity index (χ1n) is 7.28. The van der Waals surface area contributed by atoms with Crippen LogP contribution in [0.3, 0.4) is 0 Å². The number of piperidine rings is 1. The highest BCUT2D eigenvalue weighted by Gasteiger charge is 2.30. The Kier molecular flexibility index (Phi) is 4.13. The molecule has 1 atom stereocenters. The second-order valence-electron chi connectivity index (χ2n) is 5.57. The lowest BCUT2D eigenvalue weighted by Crippen LogP contribution is -2.56. The van der Waals surface area contributed by atoms with Crippen LogP contribution in [0.4, 0.5) is 10.5 Å². The van der Waals surface area contributed by atoms with E-state index in [1.165, 1.54) is 25.8 Å². The van der Waals surface area contributed by atoms with E-state index in [4.69, 9.17) is 11.6 Å². The molecule has 0 aliphatic carbocycles. The summed E-state index contributed by atoms with van der Waals surface area (Å²) in [7, 11) is 0. The number of nitrogens with zero attached hydrogens (tertiary/aromatic N) is 2. The van der Waals surface area contributed by atoms with Gasteiger partial charge in [-0.3, -0.25) is 4.90 Å². The van der Waals surface area contributed by atoms with Crippen molar-refractivity contribution in [3.05, 3.63) is 29.3 Å². The maximum atomic E-state index is 12.3. The summed E-state index contributed by atoms with van der Waals surface area (Å²) < 4.78 is 0. The molecule has 20 heavy (non-hydrogen) atoms. The zero-order valence-corrected chi connectivity index (χ0v) is 12.3. The summed E-state index contributed by atoms with van der Waals surface area (Å²) in [6.07, 6.45) is 3.80. The van der Waals surface area contributed by atoms with Crippen molar-refractivity contribution < 1.29 is 4.79 Å². The third-order valence-corrected chi connectivity index (χ3v) is 4.47. The maximum Gasteiger partial charge on any atom is 0.321 e. The number of benzene rings is 1. The molecule has 2 saturated heterocycles. The smallest absolute Gasteiger partial charge is 0.321 e. The number of piperazine rings is 1. The number of carbonyl (C=O) groups is 1. The first-order valence-corrected chi connectivity index (χ1v) is 7.66. The fourth-order valence-electron chi connectivity index (χ4n) is 3.08. The molecule has 2 aliphatic heterocycles. The third-order valence-electron chi connectivity index (χ3n) is 4.22. The Morgan fingerprint density at radius 1 is 1.15 bits per heavy atom. The van der Waals surface area contributed by atoms with Crippen molar-refractivity contribution in [2.45, 2.75) is 25.3 Å². The van der Waals surface area contributed by atoms with E-state index in [1.807, 2.05) is 17.0 Å². The molecular weight excluding hydrogens is 274 g/mol. The molecule has 0 bridgehead atoms. The van der Waals surface area contributed by atoms with E-state index in [9.17, 15) is 4.79 Å². The monoisotopic (exact) mass is 293 g/mol. The van der Waals surface area contributed by atoms with E-state index in [0.29, 0.717) is 11.1 Å². The Morgan fingerprint density at radius 3 is 2.75 bits per heavy atom. The molecule has 0 saturated carbocycles. The van der Waals surface area contributed by atoms with Crippen LogP contribution in [0, 0.1) is 0 Å². The normalized spacial score (nSPS) is 23.2. The van der Waals surface area contributed by atoms with Crippen LogP contribution in [0.15, 0.2) is 24.3 Å². The molecule has 2 fully saturated rings. The molecular formula is C15H20ClN3O. The fourth-order valence-corrected chi connectivity index (χ4v) is 3.20. The molecule has 0 spiro atoms. The van der Waals surface area contributed by atoms with Crippen LogP contribution in [-0.2, 0) is 0 Å². The number of anilines is 1. The number of carbonyl (C=O) groups excluding carboxylic acids is 1. The van der Waals surface area contributed by atoms with Gasteiger partial charge in [-0.05, 0) is 43.7 Å². The largest absolute Gasteiger partial charge is 0.322 e.